The van der Waals surface area contributed by atoms with E-state index < -0.39 is 21.7 Å². The van der Waals surface area contributed by atoms with E-state index in [0.29, 0.717) is 0 Å². The third kappa shape index (κ3) is 3.24. The number of amides is 1. The molecule has 1 rings (SSSR count). The van der Waals surface area contributed by atoms with E-state index in [2.05, 4.69) is 0 Å². The normalized spacial score (nSPS) is 11.3. The molecule has 0 fully saturated rings. The van der Waals surface area contributed by atoms with Crippen molar-refractivity contribution >= 4 is 15.9 Å². The summed E-state index contributed by atoms with van der Waals surface area (Å²) in [6, 6.07) is 2.24. The highest BCUT2D eigenvalue weighted by molar-refractivity contribution is 7.89. The fraction of sp³-hybridized carbons (Fsp3) is 0.300. The van der Waals surface area contributed by atoms with Crippen molar-refractivity contribution in [2.24, 2.45) is 0 Å². The zero-order chi connectivity index (χ0) is 13.2. The molecule has 0 radical (unpaired) electrons. The molecule has 1 aromatic rings. The van der Waals surface area contributed by atoms with E-state index >= 15 is 0 Å². The maximum Gasteiger partial charge on any atom is 0.257 e. The second-order valence-electron chi connectivity index (χ2n) is 3.66. The molecule has 5 nitrogen and oxygen atoms in total. The monoisotopic (exact) mass is 260 g/mol. The Hall–Kier alpha value is -1.47. The van der Waals surface area contributed by atoms with Gasteiger partial charge in [0, 0.05) is 6.92 Å². The molecule has 2 N–H and O–H groups in total. The maximum atomic E-state index is 13.0. The lowest BCUT2D eigenvalue weighted by Crippen LogP contribution is -2.40. The first-order valence-corrected chi connectivity index (χ1v) is 6.27. The maximum absolute atomic E-state index is 13.0. The van der Waals surface area contributed by atoms with Gasteiger partial charge < -0.3 is 0 Å². The Morgan fingerprint density at radius 2 is 1.71 bits per heavy atom. The third-order valence-corrected chi connectivity index (χ3v) is 3.61. The number of nitrogens with one attached hydrogen (secondary N) is 2. The SMILES string of the molecule is CC(=O)NNS(=O)(=O)c1c(C)cc(F)cc1C. The van der Waals surface area contributed by atoms with Gasteiger partial charge in [-0.2, -0.15) is 0 Å². The van der Waals surface area contributed by atoms with Crippen molar-refractivity contribution in [2.75, 3.05) is 0 Å². The van der Waals surface area contributed by atoms with Crippen LogP contribution in [0.2, 0.25) is 0 Å². The van der Waals surface area contributed by atoms with Crippen LogP contribution in [0.4, 0.5) is 4.39 Å². The van der Waals surface area contributed by atoms with Crippen molar-refractivity contribution in [3.8, 4) is 0 Å². The van der Waals surface area contributed by atoms with Crippen molar-refractivity contribution in [1.29, 1.82) is 0 Å². The molecule has 7 heteroatoms. The highest BCUT2D eigenvalue weighted by atomic mass is 32.2. The quantitative estimate of drug-likeness (QED) is 0.788. The number of halogens is 1. The number of hydrogen-bond acceptors (Lipinski definition) is 3. The van der Waals surface area contributed by atoms with Gasteiger partial charge in [0.05, 0.1) is 4.90 Å². The van der Waals surface area contributed by atoms with Gasteiger partial charge in [-0.15, -0.1) is 4.83 Å². The molecular formula is C10H13FN2O3S. The highest BCUT2D eigenvalue weighted by Gasteiger charge is 2.20. The molecule has 0 aliphatic heterocycles. The molecule has 1 amide bonds. The second-order valence-corrected chi connectivity index (χ2v) is 5.27. The molecule has 0 unspecified atom stereocenters. The summed E-state index contributed by atoms with van der Waals surface area (Å²) in [5.41, 5.74) is 2.54. The van der Waals surface area contributed by atoms with Gasteiger partial charge in [0.2, 0.25) is 5.91 Å². The zero-order valence-corrected chi connectivity index (χ0v) is 10.5. The molecule has 0 saturated carbocycles. The van der Waals surface area contributed by atoms with E-state index in [1.165, 1.54) is 20.8 Å². The lowest BCUT2D eigenvalue weighted by atomic mass is 10.1. The predicted octanol–water partition coefficient (Wildman–Crippen LogP) is 0.772. The average molecular weight is 260 g/mol. The molecule has 0 aromatic heterocycles. The lowest BCUT2D eigenvalue weighted by Gasteiger charge is -2.12. The van der Waals surface area contributed by atoms with Crippen LogP contribution in [0, 0.1) is 19.7 Å². The number of carbonyl (C=O) groups is 1. The van der Waals surface area contributed by atoms with Gasteiger partial charge in [0.15, 0.2) is 0 Å². The van der Waals surface area contributed by atoms with Crippen LogP contribution in [-0.4, -0.2) is 14.3 Å². The summed E-state index contributed by atoms with van der Waals surface area (Å²) in [5, 5.41) is 0. The number of carbonyl (C=O) groups excluding carboxylic acids is 1. The molecule has 0 atom stereocenters. The Labute approximate surface area is 99.0 Å². The van der Waals surface area contributed by atoms with Crippen molar-refractivity contribution in [1.82, 2.24) is 10.3 Å². The summed E-state index contributed by atoms with van der Waals surface area (Å²) in [6.45, 7) is 4.14. The van der Waals surface area contributed by atoms with Gasteiger partial charge in [-0.25, -0.2) is 12.8 Å². The Bertz CT molecular complexity index is 532. The number of rotatable bonds is 3. The standard InChI is InChI=1S/C10H13FN2O3S/c1-6-4-9(11)5-7(2)10(6)17(15,16)13-12-8(3)14/h4-5,13H,1-3H3,(H,12,14). The van der Waals surface area contributed by atoms with Crippen LogP contribution in [-0.2, 0) is 14.8 Å². The summed E-state index contributed by atoms with van der Waals surface area (Å²) in [7, 11) is -3.88. The van der Waals surface area contributed by atoms with Crippen LogP contribution in [0.15, 0.2) is 17.0 Å². The molecule has 1 aromatic carbocycles. The molecule has 0 aliphatic rings. The smallest absolute Gasteiger partial charge is 0.257 e. The van der Waals surface area contributed by atoms with E-state index in [-0.39, 0.29) is 16.0 Å². The Morgan fingerprint density at radius 3 is 2.12 bits per heavy atom. The van der Waals surface area contributed by atoms with E-state index in [0.717, 1.165) is 12.1 Å². The minimum Gasteiger partial charge on any atom is -0.278 e. The molecule has 0 aliphatic carbocycles. The highest BCUT2D eigenvalue weighted by Crippen LogP contribution is 2.20. The van der Waals surface area contributed by atoms with Crippen molar-refractivity contribution in [3.63, 3.8) is 0 Å². The van der Waals surface area contributed by atoms with Gasteiger partial charge in [0.25, 0.3) is 10.0 Å². The number of benzene rings is 1. The first-order chi connectivity index (χ1) is 7.74. The summed E-state index contributed by atoms with van der Waals surface area (Å²) >= 11 is 0. The molecule has 0 spiro atoms. The van der Waals surface area contributed by atoms with Crippen LogP contribution in [0.25, 0.3) is 0 Å². The lowest BCUT2D eigenvalue weighted by molar-refractivity contribution is -0.119. The first-order valence-electron chi connectivity index (χ1n) is 4.79. The minimum absolute atomic E-state index is 0.0346. The van der Waals surface area contributed by atoms with E-state index in [1.54, 1.807) is 0 Å². The third-order valence-electron chi connectivity index (χ3n) is 2.06. The van der Waals surface area contributed by atoms with Gasteiger partial charge in [-0.1, -0.05) is 0 Å². The van der Waals surface area contributed by atoms with Crippen molar-refractivity contribution < 1.29 is 17.6 Å². The molecule has 0 bridgehead atoms. The molecule has 94 valence electrons. The Kier molecular flexibility index (Phi) is 3.84. The van der Waals surface area contributed by atoms with Gasteiger partial charge in [-0.05, 0) is 37.1 Å². The topological polar surface area (TPSA) is 75.3 Å². The largest absolute Gasteiger partial charge is 0.278 e. The first kappa shape index (κ1) is 13.6. The van der Waals surface area contributed by atoms with Gasteiger partial charge in [0.1, 0.15) is 5.82 Å². The number of aryl methyl sites for hydroxylation is 2. The Balaban J connectivity index is 3.20. The van der Waals surface area contributed by atoms with Crippen LogP contribution in [0.5, 0.6) is 0 Å². The average Bonchev–Trinajstić information content (AvgIpc) is 2.12. The number of sulfonamides is 1. The summed E-state index contributed by atoms with van der Waals surface area (Å²) in [4.78, 5) is 12.5. The van der Waals surface area contributed by atoms with Crippen molar-refractivity contribution in [2.45, 2.75) is 25.7 Å². The fourth-order valence-corrected chi connectivity index (χ4v) is 2.86. The second kappa shape index (κ2) is 4.80. The minimum atomic E-state index is -3.88. The van der Waals surface area contributed by atoms with Gasteiger partial charge >= 0.3 is 0 Å². The van der Waals surface area contributed by atoms with E-state index in [4.69, 9.17) is 0 Å². The van der Waals surface area contributed by atoms with Crippen LogP contribution in [0.1, 0.15) is 18.1 Å². The Morgan fingerprint density at radius 1 is 1.24 bits per heavy atom. The van der Waals surface area contributed by atoms with Crippen LogP contribution in [0.3, 0.4) is 0 Å². The van der Waals surface area contributed by atoms with E-state index in [1.807, 2.05) is 10.3 Å². The number of hydrogen-bond donors (Lipinski definition) is 2. The summed E-state index contributed by atoms with van der Waals surface area (Å²) in [5.74, 6) is -1.04. The fourth-order valence-electron chi connectivity index (χ4n) is 1.51. The molecule has 0 heterocycles. The summed E-state index contributed by atoms with van der Waals surface area (Å²) in [6.07, 6.45) is 0. The van der Waals surface area contributed by atoms with Crippen LogP contribution >= 0.6 is 0 Å². The van der Waals surface area contributed by atoms with Crippen molar-refractivity contribution in [3.05, 3.63) is 29.1 Å². The molecule has 0 saturated heterocycles. The summed E-state index contributed by atoms with van der Waals surface area (Å²) < 4.78 is 36.7. The predicted molar refractivity (Wildman–Crippen MR) is 60.0 cm³/mol. The zero-order valence-electron chi connectivity index (χ0n) is 9.67. The van der Waals surface area contributed by atoms with Gasteiger partial charge in [-0.3, -0.25) is 10.2 Å². The molecule has 17 heavy (non-hydrogen) atoms. The number of hydrazine groups is 1. The molecular weight excluding hydrogens is 247 g/mol. The van der Waals surface area contributed by atoms with Crippen LogP contribution < -0.4 is 10.3 Å². The van der Waals surface area contributed by atoms with E-state index in [9.17, 15) is 17.6 Å².